The Balaban J connectivity index is 1.73. The molecule has 0 radical (unpaired) electrons. The van der Waals surface area contributed by atoms with Crippen molar-refractivity contribution in [2.75, 3.05) is 12.3 Å². The number of anilines is 1. The van der Waals surface area contributed by atoms with E-state index >= 15 is 0 Å². The molecule has 128 valence electrons. The molecule has 3 aromatic rings. The first-order chi connectivity index (χ1) is 12.2. The summed E-state index contributed by atoms with van der Waals surface area (Å²) in [7, 11) is 0. The number of rotatable bonds is 4. The molecule has 0 spiro atoms. The maximum absolute atomic E-state index is 12.5. The number of azo groups is 1. The van der Waals surface area contributed by atoms with E-state index in [-0.39, 0.29) is 11.4 Å². The van der Waals surface area contributed by atoms with Gasteiger partial charge in [0.2, 0.25) is 0 Å². The highest BCUT2D eigenvalue weighted by atomic mass is 16.5. The van der Waals surface area contributed by atoms with E-state index < -0.39 is 0 Å². The van der Waals surface area contributed by atoms with Crippen LogP contribution in [0, 0.1) is 0 Å². The number of nitrogens with zero attached hydrogens (tertiary/aromatic N) is 4. The summed E-state index contributed by atoms with van der Waals surface area (Å²) in [6.07, 6.45) is 2.51. The van der Waals surface area contributed by atoms with E-state index in [0.717, 1.165) is 36.3 Å². The van der Waals surface area contributed by atoms with Crippen molar-refractivity contribution in [2.45, 2.75) is 26.2 Å². The van der Waals surface area contributed by atoms with Crippen LogP contribution in [0.15, 0.2) is 39.3 Å². The third-order valence-electron chi connectivity index (χ3n) is 4.21. The van der Waals surface area contributed by atoms with E-state index in [1.165, 1.54) is 4.52 Å². The second-order valence-electron chi connectivity index (χ2n) is 5.86. The summed E-state index contributed by atoms with van der Waals surface area (Å²) in [5.74, 6) is 1.04. The fraction of sp³-hybridized carbons (Fsp3) is 0.294. The van der Waals surface area contributed by atoms with Crippen LogP contribution in [-0.2, 0) is 12.8 Å². The number of H-pyrrole nitrogens is 1. The van der Waals surface area contributed by atoms with Crippen molar-refractivity contribution in [1.29, 1.82) is 0 Å². The Morgan fingerprint density at radius 3 is 2.84 bits per heavy atom. The van der Waals surface area contributed by atoms with Gasteiger partial charge in [-0.15, -0.1) is 5.11 Å². The van der Waals surface area contributed by atoms with E-state index in [1.807, 2.05) is 19.1 Å². The van der Waals surface area contributed by atoms with Crippen LogP contribution in [0.5, 0.6) is 5.75 Å². The van der Waals surface area contributed by atoms with Gasteiger partial charge in [-0.3, -0.25) is 9.89 Å². The molecule has 0 aliphatic heterocycles. The highest BCUT2D eigenvalue weighted by Gasteiger charge is 2.21. The van der Waals surface area contributed by atoms with Crippen molar-refractivity contribution in [1.82, 2.24) is 14.6 Å². The lowest BCUT2D eigenvalue weighted by molar-refractivity contribution is 0.340. The molecular formula is C17H18N6O2. The molecule has 2 heterocycles. The molecule has 0 saturated heterocycles. The van der Waals surface area contributed by atoms with E-state index in [9.17, 15) is 4.79 Å². The monoisotopic (exact) mass is 338 g/mol. The van der Waals surface area contributed by atoms with Gasteiger partial charge in [-0.05, 0) is 50.5 Å². The molecule has 2 aromatic heterocycles. The molecule has 0 unspecified atom stereocenters. The van der Waals surface area contributed by atoms with Crippen LogP contribution in [0.4, 0.5) is 17.2 Å². The minimum Gasteiger partial charge on any atom is -0.494 e. The smallest absolute Gasteiger partial charge is 0.276 e. The zero-order valence-corrected chi connectivity index (χ0v) is 13.8. The number of aromatic amines is 1. The molecule has 0 bridgehead atoms. The van der Waals surface area contributed by atoms with Crippen LogP contribution < -0.4 is 16.0 Å². The summed E-state index contributed by atoms with van der Waals surface area (Å²) in [4.78, 5) is 17.1. The third-order valence-corrected chi connectivity index (χ3v) is 4.21. The number of hydrogen-bond donors (Lipinski definition) is 2. The number of nitrogens with one attached hydrogen (secondary N) is 1. The second-order valence-corrected chi connectivity index (χ2v) is 5.86. The van der Waals surface area contributed by atoms with Gasteiger partial charge in [-0.1, -0.05) is 0 Å². The lowest BCUT2D eigenvalue weighted by Gasteiger charge is -2.01. The van der Waals surface area contributed by atoms with E-state index in [2.05, 4.69) is 20.3 Å². The van der Waals surface area contributed by atoms with Gasteiger partial charge in [0.15, 0.2) is 11.3 Å². The summed E-state index contributed by atoms with van der Waals surface area (Å²) in [5.41, 5.74) is 8.92. The maximum Gasteiger partial charge on any atom is 0.276 e. The first-order valence-electron chi connectivity index (χ1n) is 8.24. The summed E-state index contributed by atoms with van der Waals surface area (Å²) in [5, 5.41) is 11.2. The molecule has 4 rings (SSSR count). The maximum atomic E-state index is 12.5. The average Bonchev–Trinajstić information content (AvgIpc) is 3.20. The molecule has 1 aromatic carbocycles. The molecule has 8 nitrogen and oxygen atoms in total. The number of ether oxygens (including phenoxy) is 1. The molecule has 3 N–H and O–H groups in total. The van der Waals surface area contributed by atoms with Crippen molar-refractivity contribution in [3.63, 3.8) is 0 Å². The van der Waals surface area contributed by atoms with Crippen LogP contribution in [0.2, 0.25) is 0 Å². The minimum atomic E-state index is -0.105. The van der Waals surface area contributed by atoms with Crippen molar-refractivity contribution in [3.8, 4) is 5.75 Å². The average molecular weight is 338 g/mol. The van der Waals surface area contributed by atoms with Gasteiger partial charge in [0.1, 0.15) is 11.6 Å². The Hall–Kier alpha value is -3.16. The van der Waals surface area contributed by atoms with Gasteiger partial charge in [0.25, 0.3) is 5.56 Å². The standard InChI is InChI=1S/C17H18N6O2/c1-2-25-11-8-6-10(7-9-11)20-21-14-15(18)22-23-16(14)19-13-5-3-4-12(13)17(23)24/h6-9,22H,2-5,18H2,1H3. The van der Waals surface area contributed by atoms with Gasteiger partial charge in [0, 0.05) is 5.56 Å². The van der Waals surface area contributed by atoms with E-state index in [1.54, 1.807) is 12.1 Å². The quantitative estimate of drug-likeness (QED) is 0.713. The lowest BCUT2D eigenvalue weighted by atomic mass is 10.2. The highest BCUT2D eigenvalue weighted by Crippen LogP contribution is 2.29. The SMILES string of the molecule is CCOc1ccc(N=Nc2c(N)[nH]n3c(=O)c4c(nc23)CCC4)cc1. The minimum absolute atomic E-state index is 0.105. The predicted octanol–water partition coefficient (Wildman–Crippen LogP) is 2.91. The number of benzene rings is 1. The number of hydrogen-bond acceptors (Lipinski definition) is 6. The van der Waals surface area contributed by atoms with Gasteiger partial charge in [-0.25, -0.2) is 4.98 Å². The van der Waals surface area contributed by atoms with Crippen LogP contribution in [0.1, 0.15) is 24.6 Å². The fourth-order valence-electron chi connectivity index (χ4n) is 3.03. The second kappa shape index (κ2) is 6.04. The van der Waals surface area contributed by atoms with Crippen LogP contribution >= 0.6 is 0 Å². The molecule has 1 aliphatic rings. The molecule has 0 atom stereocenters. The molecular weight excluding hydrogens is 320 g/mol. The third kappa shape index (κ3) is 2.65. The number of aromatic nitrogens is 3. The van der Waals surface area contributed by atoms with Crippen molar-refractivity contribution in [2.24, 2.45) is 10.2 Å². The van der Waals surface area contributed by atoms with Crippen molar-refractivity contribution >= 4 is 22.8 Å². The van der Waals surface area contributed by atoms with Crippen LogP contribution in [0.3, 0.4) is 0 Å². The van der Waals surface area contributed by atoms with Gasteiger partial charge in [0.05, 0.1) is 18.0 Å². The summed E-state index contributed by atoms with van der Waals surface area (Å²) < 4.78 is 6.75. The first kappa shape index (κ1) is 15.4. The van der Waals surface area contributed by atoms with E-state index in [4.69, 9.17) is 10.5 Å². The molecule has 0 saturated carbocycles. The topological polar surface area (TPSA) is 110 Å². The number of nitrogen functional groups attached to an aromatic ring is 1. The normalized spacial score (nSPS) is 13.6. The zero-order chi connectivity index (χ0) is 17.4. The molecule has 1 aliphatic carbocycles. The number of fused-ring (bicyclic) bond motifs is 2. The largest absolute Gasteiger partial charge is 0.494 e. The van der Waals surface area contributed by atoms with Gasteiger partial charge in [-0.2, -0.15) is 9.63 Å². The van der Waals surface area contributed by atoms with E-state index in [0.29, 0.717) is 23.6 Å². The Kier molecular flexibility index (Phi) is 3.72. The molecule has 8 heteroatoms. The van der Waals surface area contributed by atoms with Gasteiger partial charge < -0.3 is 10.5 Å². The Labute approximate surface area is 143 Å². The van der Waals surface area contributed by atoms with Gasteiger partial charge >= 0.3 is 0 Å². The molecule has 0 amide bonds. The predicted molar refractivity (Wildman–Crippen MR) is 94.0 cm³/mol. The summed E-state index contributed by atoms with van der Waals surface area (Å²) in [6, 6.07) is 7.26. The van der Waals surface area contributed by atoms with Crippen molar-refractivity contribution in [3.05, 3.63) is 45.9 Å². The van der Waals surface area contributed by atoms with Crippen molar-refractivity contribution < 1.29 is 4.74 Å². The zero-order valence-electron chi connectivity index (χ0n) is 13.8. The lowest BCUT2D eigenvalue weighted by Crippen LogP contribution is -2.20. The summed E-state index contributed by atoms with van der Waals surface area (Å²) in [6.45, 7) is 2.54. The highest BCUT2D eigenvalue weighted by molar-refractivity contribution is 5.75. The molecule has 25 heavy (non-hydrogen) atoms. The number of aryl methyl sites for hydroxylation is 1. The Morgan fingerprint density at radius 2 is 2.08 bits per heavy atom. The van der Waals surface area contributed by atoms with Crippen LogP contribution in [0.25, 0.3) is 5.65 Å². The Bertz CT molecular complexity index is 1020. The first-order valence-corrected chi connectivity index (χ1v) is 8.24. The van der Waals surface area contributed by atoms with Crippen LogP contribution in [-0.4, -0.2) is 21.2 Å². The Morgan fingerprint density at radius 1 is 1.28 bits per heavy atom. The molecule has 0 fully saturated rings. The number of nitrogens with two attached hydrogens (primary N) is 1. The fourth-order valence-corrected chi connectivity index (χ4v) is 3.03. The summed E-state index contributed by atoms with van der Waals surface area (Å²) >= 11 is 0.